The molecule has 0 aliphatic rings. The largest absolute Gasteiger partial charge is 0.469 e. The monoisotopic (exact) mass is 214 g/mol. The quantitative estimate of drug-likeness (QED) is 0.399. The average molecular weight is 215 g/mol. The van der Waals surface area contributed by atoms with Gasteiger partial charge >= 0.3 is 5.97 Å². The Morgan fingerprint density at radius 3 is 2.55 bits per heavy atom. The summed E-state index contributed by atoms with van der Waals surface area (Å²) >= 11 is 11.1. The number of carbonyl (C=O) groups is 1. The Kier molecular flexibility index (Phi) is 6.00. The number of carbonyl (C=O) groups excluding carboxylic acids is 1. The molecule has 0 aromatic rings. The number of halogens is 2. The van der Waals surface area contributed by atoms with Crippen LogP contribution in [0, 0.1) is 5.92 Å². The van der Waals surface area contributed by atoms with E-state index in [1.54, 1.807) is 0 Å². The van der Waals surface area contributed by atoms with Gasteiger partial charge in [-0.2, -0.15) is 0 Å². The number of ether oxygens (including phenoxy) is 1. The summed E-state index contributed by atoms with van der Waals surface area (Å²) in [4.78, 5) is 10.8. The van der Waals surface area contributed by atoms with Crippen LogP contribution in [0.4, 0.5) is 0 Å². The van der Waals surface area contributed by atoms with Gasteiger partial charge in [0.05, 0.1) is 27.0 Å². The van der Waals surface area contributed by atoms with E-state index in [0.29, 0.717) is 0 Å². The minimum absolute atomic E-state index is 0.0494. The van der Waals surface area contributed by atoms with Crippen molar-refractivity contribution in [2.24, 2.45) is 5.92 Å². The van der Waals surface area contributed by atoms with Crippen LogP contribution >= 0.6 is 23.2 Å². The molecule has 0 amide bonds. The van der Waals surface area contributed by atoms with Crippen molar-refractivity contribution in [3.05, 3.63) is 0 Å². The molecule has 0 aliphatic carbocycles. The first-order valence-electron chi connectivity index (χ1n) is 3.44. The third-order valence-electron chi connectivity index (χ3n) is 1.42. The highest BCUT2D eigenvalue weighted by Crippen LogP contribution is 2.09. The van der Waals surface area contributed by atoms with Crippen LogP contribution in [0.5, 0.6) is 0 Å². The lowest BCUT2D eigenvalue weighted by Gasteiger charge is -2.07. The third-order valence-corrected chi connectivity index (χ3v) is 4.37. The Balaban J connectivity index is 3.52. The fraction of sp³-hybridized carbons (Fsp3) is 0.833. The highest BCUT2D eigenvalue weighted by atomic mass is 35.5. The van der Waals surface area contributed by atoms with E-state index in [1.807, 2.05) is 6.92 Å². The number of methoxy groups -OCH3 is 1. The Hall–Kier alpha value is 0.267. The van der Waals surface area contributed by atoms with E-state index in [0.717, 1.165) is 6.04 Å². The lowest BCUT2D eigenvalue weighted by molar-refractivity contribution is -0.144. The van der Waals surface area contributed by atoms with Gasteiger partial charge in [0.25, 0.3) is 0 Å². The molecule has 5 heteroatoms. The second-order valence-corrected chi connectivity index (χ2v) is 6.68. The average Bonchev–Trinajstić information content (AvgIpc) is 1.98. The summed E-state index contributed by atoms with van der Waals surface area (Å²) in [7, 11) is 0.865. The molecule has 0 fully saturated rings. The number of hydrogen-bond donors (Lipinski definition) is 0. The van der Waals surface area contributed by atoms with Crippen molar-refractivity contribution in [2.75, 3.05) is 7.11 Å². The van der Waals surface area contributed by atoms with Gasteiger partial charge in [0.2, 0.25) is 0 Å². The highest BCUT2D eigenvalue weighted by molar-refractivity contribution is 6.68. The molecule has 1 atom stereocenters. The van der Waals surface area contributed by atoms with Crippen LogP contribution in [-0.2, 0) is 9.53 Å². The van der Waals surface area contributed by atoms with Crippen LogP contribution in [0.15, 0.2) is 0 Å². The summed E-state index contributed by atoms with van der Waals surface area (Å²) < 4.78 is 4.29. The minimum Gasteiger partial charge on any atom is -0.469 e. The predicted molar refractivity (Wildman–Crippen MR) is 50.0 cm³/mol. The number of rotatable bonds is 4. The van der Waals surface area contributed by atoms with Crippen LogP contribution < -0.4 is 0 Å². The van der Waals surface area contributed by atoms with E-state index in [1.165, 1.54) is 7.11 Å². The topological polar surface area (TPSA) is 26.3 Å². The fourth-order valence-corrected chi connectivity index (χ4v) is 2.44. The molecule has 1 unspecified atom stereocenters. The molecule has 66 valence electrons. The second kappa shape index (κ2) is 5.86. The van der Waals surface area contributed by atoms with Crippen molar-refractivity contribution in [3.63, 3.8) is 0 Å². The maximum atomic E-state index is 10.8. The lowest BCUT2D eigenvalue weighted by atomic mass is 10.2. The molecular weight excluding hydrogens is 203 g/mol. The van der Waals surface area contributed by atoms with E-state index in [-0.39, 0.29) is 16.3 Å². The molecular formula is C6H12Cl2O2Si. The highest BCUT2D eigenvalue weighted by Gasteiger charge is 2.14. The molecule has 11 heavy (non-hydrogen) atoms. The summed E-state index contributed by atoms with van der Waals surface area (Å²) in [6.07, 6.45) is 0. The van der Waals surface area contributed by atoms with Crippen molar-refractivity contribution in [3.8, 4) is 0 Å². The molecule has 2 nitrogen and oxygen atoms in total. The van der Waals surface area contributed by atoms with Crippen molar-refractivity contribution in [2.45, 2.75) is 17.4 Å². The van der Waals surface area contributed by atoms with Gasteiger partial charge in [-0.1, -0.05) is 6.92 Å². The third kappa shape index (κ3) is 5.53. The van der Waals surface area contributed by atoms with Crippen molar-refractivity contribution < 1.29 is 9.53 Å². The van der Waals surface area contributed by atoms with E-state index in [9.17, 15) is 4.79 Å². The Morgan fingerprint density at radius 2 is 2.18 bits per heavy atom. The minimum atomic E-state index is -0.523. The van der Waals surface area contributed by atoms with Gasteiger partial charge in [0, 0.05) is 0 Å². The molecule has 0 radical (unpaired) electrons. The first kappa shape index (κ1) is 11.3. The van der Waals surface area contributed by atoms with Crippen LogP contribution in [0.25, 0.3) is 0 Å². The van der Waals surface area contributed by atoms with E-state index in [2.05, 4.69) is 4.74 Å². The zero-order valence-electron chi connectivity index (χ0n) is 6.64. The standard InChI is InChI=1S/C6H12Cl2O2Si/c1-4(5(9)10-2)3-11-6(7)8/h4,6H,3,11H2,1-2H3. The van der Waals surface area contributed by atoms with E-state index in [4.69, 9.17) is 23.2 Å². The first-order chi connectivity index (χ1) is 5.07. The Labute approximate surface area is 79.0 Å². The van der Waals surface area contributed by atoms with Gasteiger partial charge in [-0.25, -0.2) is 0 Å². The normalized spacial score (nSPS) is 14.3. The van der Waals surface area contributed by atoms with E-state index < -0.39 is 9.52 Å². The predicted octanol–water partition coefficient (Wildman–Crippen LogP) is 1.14. The number of alkyl halides is 2. The molecule has 0 spiro atoms. The van der Waals surface area contributed by atoms with Crippen LogP contribution in [-0.4, -0.2) is 27.1 Å². The Morgan fingerprint density at radius 1 is 1.64 bits per heavy atom. The van der Waals surface area contributed by atoms with Crippen molar-refractivity contribution in [1.29, 1.82) is 0 Å². The van der Waals surface area contributed by atoms with Crippen molar-refractivity contribution >= 4 is 38.7 Å². The molecule has 0 aromatic heterocycles. The zero-order chi connectivity index (χ0) is 8.85. The van der Waals surface area contributed by atoms with Gasteiger partial charge in [-0.15, -0.1) is 23.2 Å². The number of hydrogen-bond acceptors (Lipinski definition) is 2. The first-order valence-corrected chi connectivity index (χ1v) is 6.12. The van der Waals surface area contributed by atoms with Crippen LogP contribution in [0.3, 0.4) is 0 Å². The number of esters is 1. The molecule has 0 heterocycles. The summed E-state index contributed by atoms with van der Waals surface area (Å²) in [5.74, 6) is -0.224. The molecule has 0 N–H and O–H groups in total. The maximum absolute atomic E-state index is 10.8. The smallest absolute Gasteiger partial charge is 0.308 e. The van der Waals surface area contributed by atoms with Gasteiger partial charge < -0.3 is 4.74 Å². The molecule has 0 bridgehead atoms. The summed E-state index contributed by atoms with van der Waals surface area (Å²) in [6, 6.07) is 0.810. The van der Waals surface area contributed by atoms with Crippen LogP contribution in [0.2, 0.25) is 6.04 Å². The van der Waals surface area contributed by atoms with Gasteiger partial charge in [0.15, 0.2) is 0 Å². The van der Waals surface area contributed by atoms with E-state index >= 15 is 0 Å². The summed E-state index contributed by atoms with van der Waals surface area (Å²) in [6.45, 7) is 1.83. The van der Waals surface area contributed by atoms with Gasteiger partial charge in [-0.05, 0) is 6.04 Å². The second-order valence-electron chi connectivity index (χ2n) is 2.39. The molecule has 0 saturated carbocycles. The van der Waals surface area contributed by atoms with Crippen molar-refractivity contribution in [1.82, 2.24) is 0 Å². The van der Waals surface area contributed by atoms with Crippen LogP contribution in [0.1, 0.15) is 6.92 Å². The summed E-state index contributed by atoms with van der Waals surface area (Å²) in [5.41, 5.74) is 0. The Bertz CT molecular complexity index is 130. The maximum Gasteiger partial charge on any atom is 0.308 e. The fourth-order valence-electron chi connectivity index (χ4n) is 0.695. The zero-order valence-corrected chi connectivity index (χ0v) is 9.57. The lowest BCUT2D eigenvalue weighted by Crippen LogP contribution is -2.16. The molecule has 0 rings (SSSR count). The van der Waals surface area contributed by atoms with Gasteiger partial charge in [-0.3, -0.25) is 4.79 Å². The SMILES string of the molecule is COC(=O)C(C)C[SiH2]C(Cl)Cl. The summed E-state index contributed by atoms with van der Waals surface area (Å²) in [5, 5.41) is 0. The van der Waals surface area contributed by atoms with Gasteiger partial charge in [0.1, 0.15) is 0 Å². The molecule has 0 saturated heterocycles. The molecule has 0 aliphatic heterocycles. The molecule has 0 aromatic carbocycles.